The predicted octanol–water partition coefficient (Wildman–Crippen LogP) is 3.98. The lowest BCUT2D eigenvalue weighted by Crippen LogP contribution is -1.83. The number of rotatable bonds is 3. The van der Waals surface area contributed by atoms with Crippen molar-refractivity contribution >= 4 is 0 Å². The minimum absolute atomic E-state index is 0.168. The molecule has 0 aliphatic rings. The number of phenols is 1. The zero-order chi connectivity index (χ0) is 16.5. The molecule has 0 saturated heterocycles. The number of halogens is 1. The van der Waals surface area contributed by atoms with E-state index in [1.54, 1.807) is 30.5 Å². The van der Waals surface area contributed by atoms with Gasteiger partial charge in [-0.2, -0.15) is 10.2 Å². The Morgan fingerprint density at radius 1 is 0.917 bits per heavy atom. The number of para-hydroxylation sites is 1. The maximum Gasteiger partial charge on any atom is 0.124 e. The second-order valence-electron chi connectivity index (χ2n) is 5.35. The number of nitrogens with zero attached hydrogens (tertiary/aromatic N) is 2. The fourth-order valence-electron chi connectivity index (χ4n) is 2.61. The number of phenolic OH excluding ortho intramolecular Hbond substituents is 1. The highest BCUT2D eigenvalue weighted by Gasteiger charge is 2.15. The molecule has 0 spiro atoms. The van der Waals surface area contributed by atoms with Crippen LogP contribution in [0.15, 0.2) is 60.8 Å². The molecule has 3 N–H and O–H groups in total. The molecule has 0 atom stereocenters. The summed E-state index contributed by atoms with van der Waals surface area (Å²) in [5.41, 5.74) is 4.41. The normalized spacial score (nSPS) is 10.9. The molecule has 6 heteroatoms. The van der Waals surface area contributed by atoms with Crippen LogP contribution in [0.1, 0.15) is 0 Å². The van der Waals surface area contributed by atoms with Crippen molar-refractivity contribution in [2.45, 2.75) is 0 Å². The van der Waals surface area contributed by atoms with E-state index in [2.05, 4.69) is 20.4 Å². The molecule has 0 unspecified atom stereocenters. The van der Waals surface area contributed by atoms with Crippen LogP contribution < -0.4 is 0 Å². The summed E-state index contributed by atoms with van der Waals surface area (Å²) < 4.78 is 13.0. The summed E-state index contributed by atoms with van der Waals surface area (Å²) in [5.74, 6) is -0.118. The average molecular weight is 320 g/mol. The van der Waals surface area contributed by atoms with Gasteiger partial charge < -0.3 is 5.11 Å². The van der Waals surface area contributed by atoms with Gasteiger partial charge in [0.1, 0.15) is 11.6 Å². The molecular formula is C18H13FN4O. The second kappa shape index (κ2) is 5.66. The molecule has 118 valence electrons. The molecule has 4 aromatic rings. The van der Waals surface area contributed by atoms with Gasteiger partial charge in [0.2, 0.25) is 0 Å². The van der Waals surface area contributed by atoms with Gasteiger partial charge in [0.05, 0.1) is 23.3 Å². The van der Waals surface area contributed by atoms with E-state index in [9.17, 15) is 9.50 Å². The van der Waals surface area contributed by atoms with Crippen LogP contribution in [0.3, 0.4) is 0 Å². The van der Waals surface area contributed by atoms with Crippen LogP contribution in [-0.4, -0.2) is 25.5 Å². The van der Waals surface area contributed by atoms with Crippen LogP contribution >= 0.6 is 0 Å². The first kappa shape index (κ1) is 14.2. The summed E-state index contributed by atoms with van der Waals surface area (Å²) in [5, 5.41) is 24.3. The van der Waals surface area contributed by atoms with E-state index in [0.29, 0.717) is 17.0 Å². The number of aromatic hydroxyl groups is 1. The van der Waals surface area contributed by atoms with Crippen molar-refractivity contribution in [3.8, 4) is 39.5 Å². The first-order valence-corrected chi connectivity index (χ1v) is 7.36. The molecule has 2 aromatic heterocycles. The first-order chi connectivity index (χ1) is 11.7. The number of benzene rings is 2. The monoisotopic (exact) mass is 320 g/mol. The molecule has 2 aromatic carbocycles. The third kappa shape index (κ3) is 2.44. The van der Waals surface area contributed by atoms with Crippen LogP contribution in [-0.2, 0) is 0 Å². The largest absolute Gasteiger partial charge is 0.507 e. The number of aromatic nitrogens is 4. The molecule has 0 fully saturated rings. The van der Waals surface area contributed by atoms with Gasteiger partial charge in [-0.05, 0) is 42.5 Å². The van der Waals surface area contributed by atoms with Crippen molar-refractivity contribution in [3.05, 3.63) is 66.6 Å². The minimum atomic E-state index is -0.286. The number of hydrogen-bond donors (Lipinski definition) is 3. The molecule has 24 heavy (non-hydrogen) atoms. The van der Waals surface area contributed by atoms with Crippen molar-refractivity contribution in [1.29, 1.82) is 0 Å². The van der Waals surface area contributed by atoms with Crippen molar-refractivity contribution < 1.29 is 9.50 Å². The highest BCUT2D eigenvalue weighted by Crippen LogP contribution is 2.35. The van der Waals surface area contributed by atoms with Gasteiger partial charge in [-0.1, -0.05) is 12.1 Å². The Bertz CT molecular complexity index is 988. The van der Waals surface area contributed by atoms with Crippen LogP contribution in [0.25, 0.3) is 33.8 Å². The van der Waals surface area contributed by atoms with Crippen LogP contribution in [0.2, 0.25) is 0 Å². The van der Waals surface area contributed by atoms with Gasteiger partial charge in [-0.15, -0.1) is 0 Å². The Hall–Kier alpha value is -3.41. The highest BCUT2D eigenvalue weighted by atomic mass is 19.1. The Morgan fingerprint density at radius 3 is 2.50 bits per heavy atom. The van der Waals surface area contributed by atoms with Crippen LogP contribution in [0.5, 0.6) is 5.75 Å². The minimum Gasteiger partial charge on any atom is -0.507 e. The third-order valence-electron chi connectivity index (χ3n) is 3.82. The van der Waals surface area contributed by atoms with Gasteiger partial charge >= 0.3 is 0 Å². The van der Waals surface area contributed by atoms with Crippen molar-refractivity contribution in [2.75, 3.05) is 0 Å². The van der Waals surface area contributed by atoms with Gasteiger partial charge in [0.25, 0.3) is 0 Å². The Labute approximate surface area is 136 Å². The zero-order valence-corrected chi connectivity index (χ0v) is 12.5. The summed E-state index contributed by atoms with van der Waals surface area (Å²) in [7, 11) is 0. The summed E-state index contributed by atoms with van der Waals surface area (Å²) in [6.45, 7) is 0. The molecule has 0 aliphatic heterocycles. The number of hydrogen-bond acceptors (Lipinski definition) is 3. The highest BCUT2D eigenvalue weighted by molar-refractivity contribution is 5.82. The Morgan fingerprint density at radius 2 is 1.71 bits per heavy atom. The molecular weight excluding hydrogens is 307 g/mol. The summed E-state index contributed by atoms with van der Waals surface area (Å²) in [6, 6.07) is 15.0. The third-order valence-corrected chi connectivity index (χ3v) is 3.82. The molecule has 2 heterocycles. The molecule has 0 saturated carbocycles. The Kier molecular flexibility index (Phi) is 3.35. The fourth-order valence-corrected chi connectivity index (χ4v) is 2.61. The second-order valence-corrected chi connectivity index (χ2v) is 5.35. The topological polar surface area (TPSA) is 77.6 Å². The van der Waals surface area contributed by atoms with Crippen molar-refractivity contribution in [3.63, 3.8) is 0 Å². The lowest BCUT2D eigenvalue weighted by molar-refractivity contribution is 0.477. The van der Waals surface area contributed by atoms with Crippen molar-refractivity contribution in [1.82, 2.24) is 20.4 Å². The lowest BCUT2D eigenvalue weighted by atomic mass is 10.0. The van der Waals surface area contributed by atoms with E-state index in [1.807, 2.05) is 18.2 Å². The van der Waals surface area contributed by atoms with Crippen molar-refractivity contribution in [2.24, 2.45) is 0 Å². The maximum atomic E-state index is 13.0. The number of nitrogens with one attached hydrogen (secondary N) is 2. The fraction of sp³-hybridized carbons (Fsp3) is 0. The molecule has 0 aliphatic carbocycles. The van der Waals surface area contributed by atoms with E-state index in [4.69, 9.17) is 0 Å². The van der Waals surface area contributed by atoms with E-state index >= 15 is 0 Å². The summed E-state index contributed by atoms with van der Waals surface area (Å²) in [6.07, 6.45) is 1.67. The predicted molar refractivity (Wildman–Crippen MR) is 88.7 cm³/mol. The van der Waals surface area contributed by atoms with E-state index in [1.165, 1.54) is 12.1 Å². The first-order valence-electron chi connectivity index (χ1n) is 7.36. The van der Waals surface area contributed by atoms with Gasteiger partial charge in [0.15, 0.2) is 0 Å². The SMILES string of the molecule is Oc1ccccc1-c1[nH]ncc1-c1cc(-c2ccc(F)cc2)n[nH]1. The van der Waals surface area contributed by atoms with Gasteiger partial charge in [-0.25, -0.2) is 4.39 Å². The number of aromatic amines is 2. The molecule has 0 amide bonds. The Balaban J connectivity index is 1.75. The van der Waals surface area contributed by atoms with E-state index in [-0.39, 0.29) is 11.6 Å². The van der Waals surface area contributed by atoms with E-state index < -0.39 is 0 Å². The molecule has 4 rings (SSSR count). The van der Waals surface area contributed by atoms with Gasteiger partial charge in [-0.3, -0.25) is 10.2 Å². The average Bonchev–Trinajstić information content (AvgIpc) is 3.25. The molecule has 5 nitrogen and oxygen atoms in total. The quantitative estimate of drug-likeness (QED) is 0.534. The number of H-pyrrole nitrogens is 2. The summed E-state index contributed by atoms with van der Waals surface area (Å²) >= 11 is 0. The van der Waals surface area contributed by atoms with E-state index in [0.717, 1.165) is 16.8 Å². The zero-order valence-electron chi connectivity index (χ0n) is 12.5. The molecule has 0 bridgehead atoms. The molecule has 0 radical (unpaired) electrons. The maximum absolute atomic E-state index is 13.0. The van der Waals surface area contributed by atoms with Gasteiger partial charge in [0, 0.05) is 16.7 Å². The standard InChI is InChI=1S/C18H13FN4O/c19-12-7-5-11(6-8-12)15-9-16(22-21-15)14-10-20-23-18(14)13-3-1-2-4-17(13)24/h1-10,24H,(H,20,23)(H,21,22). The lowest BCUT2D eigenvalue weighted by Gasteiger charge is -2.03. The smallest absolute Gasteiger partial charge is 0.124 e. The van der Waals surface area contributed by atoms with Crippen LogP contribution in [0.4, 0.5) is 4.39 Å². The van der Waals surface area contributed by atoms with Crippen LogP contribution in [0, 0.1) is 5.82 Å². The summed E-state index contributed by atoms with van der Waals surface area (Å²) in [4.78, 5) is 0.